The van der Waals surface area contributed by atoms with Crippen molar-refractivity contribution in [1.82, 2.24) is 10.6 Å². The SMILES string of the molecule is CCNC(=NCc1ccc(F)cc1CSC)NCC(=O)Nc1cccc(F)c1. The molecule has 0 atom stereocenters. The van der Waals surface area contributed by atoms with Gasteiger partial charge >= 0.3 is 0 Å². The maximum absolute atomic E-state index is 13.5. The molecule has 3 N–H and O–H groups in total. The third kappa shape index (κ3) is 7.19. The number of carbonyl (C=O) groups is 1. The van der Waals surface area contributed by atoms with Gasteiger partial charge in [-0.3, -0.25) is 4.79 Å². The lowest BCUT2D eigenvalue weighted by Crippen LogP contribution is -2.41. The van der Waals surface area contributed by atoms with Crippen LogP contribution in [0.25, 0.3) is 0 Å². The van der Waals surface area contributed by atoms with E-state index in [2.05, 4.69) is 20.9 Å². The van der Waals surface area contributed by atoms with E-state index in [4.69, 9.17) is 0 Å². The summed E-state index contributed by atoms with van der Waals surface area (Å²) in [4.78, 5) is 16.5. The Bertz CT molecular complexity index is 830. The summed E-state index contributed by atoms with van der Waals surface area (Å²) in [7, 11) is 0. The fraction of sp³-hybridized carbons (Fsp3) is 0.300. The highest BCUT2D eigenvalue weighted by atomic mass is 32.2. The Morgan fingerprint density at radius 1 is 1.07 bits per heavy atom. The number of thioether (sulfide) groups is 1. The van der Waals surface area contributed by atoms with E-state index < -0.39 is 5.82 Å². The Morgan fingerprint density at radius 3 is 2.57 bits per heavy atom. The molecule has 5 nitrogen and oxygen atoms in total. The molecular formula is C20H24F2N4OS. The molecule has 2 aromatic rings. The Morgan fingerprint density at radius 2 is 1.86 bits per heavy atom. The summed E-state index contributed by atoms with van der Waals surface area (Å²) < 4.78 is 26.7. The van der Waals surface area contributed by atoms with Crippen molar-refractivity contribution >= 4 is 29.3 Å². The van der Waals surface area contributed by atoms with Crippen LogP contribution in [0.4, 0.5) is 14.5 Å². The second kappa shape index (κ2) is 11.3. The first-order valence-electron chi connectivity index (χ1n) is 8.85. The Kier molecular flexibility index (Phi) is 8.74. The van der Waals surface area contributed by atoms with Gasteiger partial charge in [0, 0.05) is 18.0 Å². The zero-order chi connectivity index (χ0) is 20.4. The molecule has 0 aliphatic rings. The van der Waals surface area contributed by atoms with Crippen molar-refractivity contribution in [2.45, 2.75) is 19.2 Å². The third-order valence-corrected chi connectivity index (χ3v) is 4.34. The first-order chi connectivity index (χ1) is 13.5. The van der Waals surface area contributed by atoms with Crippen molar-refractivity contribution in [2.24, 2.45) is 4.99 Å². The zero-order valence-electron chi connectivity index (χ0n) is 15.9. The molecule has 0 spiro atoms. The summed E-state index contributed by atoms with van der Waals surface area (Å²) in [5, 5.41) is 8.62. The Balaban J connectivity index is 1.97. The van der Waals surface area contributed by atoms with E-state index in [0.717, 1.165) is 11.1 Å². The Hall–Kier alpha value is -2.61. The predicted octanol–water partition coefficient (Wildman–Crippen LogP) is 3.52. The number of aliphatic imine (C=N–C) groups is 1. The number of carbonyl (C=O) groups excluding carboxylic acids is 1. The largest absolute Gasteiger partial charge is 0.357 e. The molecule has 0 aliphatic carbocycles. The van der Waals surface area contributed by atoms with Gasteiger partial charge in [-0.2, -0.15) is 11.8 Å². The molecule has 2 rings (SSSR count). The third-order valence-electron chi connectivity index (χ3n) is 3.74. The van der Waals surface area contributed by atoms with Crippen LogP contribution in [0, 0.1) is 11.6 Å². The lowest BCUT2D eigenvalue weighted by atomic mass is 10.1. The van der Waals surface area contributed by atoms with Crippen molar-refractivity contribution in [3.05, 3.63) is 65.2 Å². The van der Waals surface area contributed by atoms with E-state index in [1.165, 1.54) is 30.3 Å². The number of anilines is 1. The molecule has 8 heteroatoms. The molecule has 1 amide bonds. The number of hydrogen-bond acceptors (Lipinski definition) is 3. The normalized spacial score (nSPS) is 11.2. The average Bonchev–Trinajstić information content (AvgIpc) is 2.65. The second-order valence-corrected chi connectivity index (χ2v) is 6.82. The number of nitrogens with one attached hydrogen (secondary N) is 3. The van der Waals surface area contributed by atoms with Gasteiger partial charge in [0.25, 0.3) is 0 Å². The fourth-order valence-electron chi connectivity index (χ4n) is 2.48. The number of hydrogen-bond donors (Lipinski definition) is 3. The molecule has 0 saturated heterocycles. The standard InChI is InChI=1S/C20H24F2N4OS/c1-3-23-20(24-11-14-7-8-17(22)9-15(14)13-28-2)25-12-19(27)26-18-6-4-5-16(21)10-18/h4-10H,3,11-13H2,1-2H3,(H,26,27)(H2,23,24,25). The van der Waals surface area contributed by atoms with Crippen LogP contribution in [0.2, 0.25) is 0 Å². The fourth-order valence-corrected chi connectivity index (χ4v) is 3.06. The quantitative estimate of drug-likeness (QED) is 0.464. The van der Waals surface area contributed by atoms with E-state index in [1.54, 1.807) is 23.9 Å². The molecule has 0 bridgehead atoms. The predicted molar refractivity (Wildman–Crippen MR) is 111 cm³/mol. The van der Waals surface area contributed by atoms with Gasteiger partial charge in [-0.05, 0) is 54.6 Å². The van der Waals surface area contributed by atoms with Crippen LogP contribution in [0.15, 0.2) is 47.5 Å². The smallest absolute Gasteiger partial charge is 0.243 e. The maximum atomic E-state index is 13.5. The van der Waals surface area contributed by atoms with Gasteiger partial charge in [0.2, 0.25) is 5.91 Å². The van der Waals surface area contributed by atoms with Crippen LogP contribution in [0.1, 0.15) is 18.1 Å². The maximum Gasteiger partial charge on any atom is 0.243 e. The topological polar surface area (TPSA) is 65.5 Å². The van der Waals surface area contributed by atoms with Gasteiger partial charge in [0.15, 0.2) is 5.96 Å². The minimum Gasteiger partial charge on any atom is -0.357 e. The first-order valence-corrected chi connectivity index (χ1v) is 10.2. The molecule has 0 radical (unpaired) electrons. The van der Waals surface area contributed by atoms with Crippen LogP contribution in [0.5, 0.6) is 0 Å². The molecule has 0 heterocycles. The lowest BCUT2D eigenvalue weighted by Gasteiger charge is -2.12. The summed E-state index contributed by atoms with van der Waals surface area (Å²) in [6.45, 7) is 2.87. The molecule has 2 aromatic carbocycles. The highest BCUT2D eigenvalue weighted by molar-refractivity contribution is 7.97. The summed E-state index contributed by atoms with van der Waals surface area (Å²) in [5.41, 5.74) is 2.22. The zero-order valence-corrected chi connectivity index (χ0v) is 16.7. The van der Waals surface area contributed by atoms with Gasteiger partial charge in [-0.25, -0.2) is 13.8 Å². The van der Waals surface area contributed by atoms with Crippen molar-refractivity contribution in [3.8, 4) is 0 Å². The van der Waals surface area contributed by atoms with Crippen LogP contribution in [-0.2, 0) is 17.1 Å². The second-order valence-electron chi connectivity index (χ2n) is 5.95. The van der Waals surface area contributed by atoms with Crippen LogP contribution in [0.3, 0.4) is 0 Å². The molecule has 0 fully saturated rings. The van der Waals surface area contributed by atoms with Gasteiger partial charge in [-0.15, -0.1) is 0 Å². The van der Waals surface area contributed by atoms with E-state index in [-0.39, 0.29) is 18.3 Å². The van der Waals surface area contributed by atoms with Crippen molar-refractivity contribution in [3.63, 3.8) is 0 Å². The number of rotatable bonds is 8. The monoisotopic (exact) mass is 406 g/mol. The van der Waals surface area contributed by atoms with Crippen LogP contribution < -0.4 is 16.0 Å². The number of nitrogens with zero attached hydrogens (tertiary/aromatic N) is 1. The molecule has 0 aliphatic heterocycles. The van der Waals surface area contributed by atoms with Gasteiger partial charge in [-0.1, -0.05) is 12.1 Å². The van der Waals surface area contributed by atoms with Crippen LogP contribution in [-0.4, -0.2) is 31.2 Å². The highest BCUT2D eigenvalue weighted by Crippen LogP contribution is 2.17. The van der Waals surface area contributed by atoms with Crippen LogP contribution >= 0.6 is 11.8 Å². The minimum absolute atomic E-state index is 0.0244. The summed E-state index contributed by atoms with van der Waals surface area (Å²) in [6, 6.07) is 10.4. The number of halogens is 2. The lowest BCUT2D eigenvalue weighted by molar-refractivity contribution is -0.115. The average molecular weight is 407 g/mol. The van der Waals surface area contributed by atoms with Gasteiger partial charge in [0.05, 0.1) is 13.1 Å². The van der Waals surface area contributed by atoms with E-state index in [0.29, 0.717) is 30.5 Å². The molecular weight excluding hydrogens is 382 g/mol. The number of guanidine groups is 1. The summed E-state index contributed by atoms with van der Waals surface area (Å²) in [6.07, 6.45) is 1.96. The highest BCUT2D eigenvalue weighted by Gasteiger charge is 2.07. The molecule has 28 heavy (non-hydrogen) atoms. The number of amides is 1. The minimum atomic E-state index is -0.416. The molecule has 0 unspecified atom stereocenters. The van der Waals surface area contributed by atoms with Crippen molar-refractivity contribution in [1.29, 1.82) is 0 Å². The van der Waals surface area contributed by atoms with Crippen molar-refractivity contribution in [2.75, 3.05) is 24.7 Å². The number of benzene rings is 2. The Labute approximate surface area is 168 Å². The van der Waals surface area contributed by atoms with E-state index >= 15 is 0 Å². The summed E-state index contributed by atoms with van der Waals surface area (Å²) >= 11 is 1.61. The molecule has 150 valence electrons. The van der Waals surface area contributed by atoms with Gasteiger partial charge < -0.3 is 16.0 Å². The van der Waals surface area contributed by atoms with E-state index in [1.807, 2.05) is 13.2 Å². The summed E-state index contributed by atoms with van der Waals surface area (Å²) in [5.74, 6) is 0.164. The van der Waals surface area contributed by atoms with Crippen molar-refractivity contribution < 1.29 is 13.6 Å². The first kappa shape index (κ1) is 21.7. The molecule has 0 aromatic heterocycles. The molecule has 0 saturated carbocycles. The van der Waals surface area contributed by atoms with Gasteiger partial charge in [0.1, 0.15) is 11.6 Å². The van der Waals surface area contributed by atoms with E-state index in [9.17, 15) is 13.6 Å².